The van der Waals surface area contributed by atoms with Crippen molar-refractivity contribution in [1.82, 2.24) is 19.0 Å². The van der Waals surface area contributed by atoms with E-state index in [1.54, 1.807) is 37.6 Å². The third-order valence-electron chi connectivity index (χ3n) is 3.66. The Morgan fingerprint density at radius 3 is 2.54 bits per heavy atom. The Morgan fingerprint density at radius 2 is 1.89 bits per heavy atom. The molecule has 0 atom stereocenters. The second-order valence-electron chi connectivity index (χ2n) is 6.06. The van der Waals surface area contributed by atoms with Crippen molar-refractivity contribution in [1.29, 1.82) is 0 Å². The number of amides is 3. The van der Waals surface area contributed by atoms with Crippen LogP contribution in [0.5, 0.6) is 0 Å². The van der Waals surface area contributed by atoms with Crippen LogP contribution in [-0.2, 0) is 4.84 Å². The third kappa shape index (κ3) is 6.80. The highest BCUT2D eigenvalue weighted by molar-refractivity contribution is 8.20. The van der Waals surface area contributed by atoms with Crippen molar-refractivity contribution in [2.24, 2.45) is 4.99 Å². The first-order chi connectivity index (χ1) is 13.3. The minimum atomic E-state index is -0.579. The van der Waals surface area contributed by atoms with Crippen LogP contribution in [0.2, 0.25) is 0 Å². The number of aliphatic imine (C=N–C) groups is 1. The highest BCUT2D eigenvalue weighted by atomic mass is 32.2. The number of hydrogen-bond donors (Lipinski definition) is 1. The molecule has 1 aliphatic heterocycles. The minimum absolute atomic E-state index is 0.0503. The van der Waals surface area contributed by atoms with Gasteiger partial charge in [0.1, 0.15) is 4.71 Å². The summed E-state index contributed by atoms with van der Waals surface area (Å²) in [4.78, 5) is 35.3. The van der Waals surface area contributed by atoms with E-state index in [-0.39, 0.29) is 10.7 Å². The minimum Gasteiger partial charge on any atom is -0.351 e. The summed E-state index contributed by atoms with van der Waals surface area (Å²) in [5.74, 6) is 2.05. The predicted molar refractivity (Wildman–Crippen MR) is 119 cm³/mol. The van der Waals surface area contributed by atoms with E-state index in [1.807, 2.05) is 32.0 Å². The smallest absolute Gasteiger partial charge is 0.351 e. The van der Waals surface area contributed by atoms with Gasteiger partial charge in [-0.3, -0.25) is 9.21 Å². The zero-order valence-electron chi connectivity index (χ0n) is 16.5. The van der Waals surface area contributed by atoms with Crippen LogP contribution in [-0.4, -0.2) is 69.3 Å². The van der Waals surface area contributed by atoms with E-state index in [1.165, 1.54) is 26.9 Å². The Morgan fingerprint density at radius 1 is 1.21 bits per heavy atom. The van der Waals surface area contributed by atoms with Crippen LogP contribution < -0.4 is 5.48 Å². The van der Waals surface area contributed by atoms with E-state index in [0.717, 1.165) is 40.5 Å². The van der Waals surface area contributed by atoms with Crippen molar-refractivity contribution in [2.75, 3.05) is 32.6 Å². The number of thioether (sulfide) groups is 2. The van der Waals surface area contributed by atoms with Gasteiger partial charge in [0.05, 0.1) is 24.2 Å². The lowest BCUT2D eigenvalue weighted by Gasteiger charge is -2.24. The molecule has 1 heterocycles. The fraction of sp³-hybridized carbons (Fsp3) is 0.471. The average Bonchev–Trinajstić information content (AvgIpc) is 3.17. The summed E-state index contributed by atoms with van der Waals surface area (Å²) in [5.41, 5.74) is 5.72. The molecular weight excluding hydrogens is 418 g/mol. The molecule has 0 radical (unpaired) electrons. The highest BCUT2D eigenvalue weighted by Crippen LogP contribution is 2.29. The fourth-order valence-electron chi connectivity index (χ4n) is 2.21. The van der Waals surface area contributed by atoms with Crippen LogP contribution in [0.25, 0.3) is 0 Å². The van der Waals surface area contributed by atoms with Gasteiger partial charge in [-0.25, -0.2) is 18.9 Å². The van der Waals surface area contributed by atoms with Gasteiger partial charge in [0, 0.05) is 32.6 Å². The van der Waals surface area contributed by atoms with Gasteiger partial charge < -0.3 is 4.84 Å². The number of rotatable bonds is 6. The summed E-state index contributed by atoms with van der Waals surface area (Å²) in [5, 5.41) is 0. The van der Waals surface area contributed by atoms with Crippen molar-refractivity contribution in [3.63, 3.8) is 0 Å². The number of nitrogens with zero attached hydrogens (tertiary/aromatic N) is 4. The lowest BCUT2D eigenvalue weighted by Crippen LogP contribution is -2.38. The van der Waals surface area contributed by atoms with Crippen LogP contribution in [0.3, 0.4) is 0 Å². The third-order valence-corrected chi connectivity index (χ3v) is 7.21. The highest BCUT2D eigenvalue weighted by Gasteiger charge is 2.22. The lowest BCUT2D eigenvalue weighted by molar-refractivity contribution is 0.0835. The zero-order valence-corrected chi connectivity index (χ0v) is 19.0. The number of benzene rings is 1. The summed E-state index contributed by atoms with van der Waals surface area (Å²) in [7, 11) is 4.73. The van der Waals surface area contributed by atoms with E-state index in [4.69, 9.17) is 4.84 Å². The second-order valence-corrected chi connectivity index (χ2v) is 10.0. The van der Waals surface area contributed by atoms with Crippen molar-refractivity contribution in [3.05, 3.63) is 29.3 Å². The molecule has 0 spiro atoms. The van der Waals surface area contributed by atoms with E-state index in [9.17, 15) is 9.59 Å². The first-order valence-corrected chi connectivity index (χ1v) is 11.3. The Kier molecular flexibility index (Phi) is 8.80. The molecule has 1 aliphatic rings. The topological polar surface area (TPSA) is 77.5 Å². The Hall–Kier alpha value is -1.56. The molecule has 1 fully saturated rings. The Labute approximate surface area is 178 Å². The number of carbonyl (C=O) groups excluding carboxylic acids is 2. The monoisotopic (exact) mass is 443 g/mol. The summed E-state index contributed by atoms with van der Waals surface area (Å²) in [6, 6.07) is 5.59. The molecule has 1 saturated heterocycles. The van der Waals surface area contributed by atoms with E-state index < -0.39 is 6.09 Å². The van der Waals surface area contributed by atoms with Gasteiger partial charge in [-0.1, -0.05) is 17.7 Å². The molecule has 11 heteroatoms. The van der Waals surface area contributed by atoms with Crippen molar-refractivity contribution >= 4 is 59.8 Å². The number of urea groups is 1. The van der Waals surface area contributed by atoms with Crippen LogP contribution in [0.15, 0.2) is 23.2 Å². The van der Waals surface area contributed by atoms with Crippen molar-refractivity contribution < 1.29 is 14.4 Å². The molecular formula is C17H25N5O3S3. The average molecular weight is 444 g/mol. The quantitative estimate of drug-likeness (QED) is 0.310. The maximum atomic E-state index is 12.5. The Bertz CT molecular complexity index is 728. The number of hydrogen-bond acceptors (Lipinski definition) is 8. The zero-order chi connectivity index (χ0) is 20.7. The molecule has 2 rings (SSSR count). The number of nitrogens with one attached hydrogen (secondary N) is 1. The van der Waals surface area contributed by atoms with E-state index in [2.05, 4.69) is 10.5 Å². The number of carbonyl (C=O) groups is 2. The number of aryl methyl sites for hydroxylation is 2. The molecule has 0 bridgehead atoms. The summed E-state index contributed by atoms with van der Waals surface area (Å²) in [6.07, 6.45) is 0.884. The largest absolute Gasteiger partial charge is 0.439 e. The van der Waals surface area contributed by atoms with Crippen LogP contribution in [0.1, 0.15) is 11.1 Å². The van der Waals surface area contributed by atoms with Crippen molar-refractivity contribution in [2.45, 2.75) is 18.6 Å². The molecule has 154 valence electrons. The first-order valence-electron chi connectivity index (χ1n) is 8.51. The van der Waals surface area contributed by atoms with Gasteiger partial charge in [-0.05, 0) is 25.5 Å². The van der Waals surface area contributed by atoms with Gasteiger partial charge in [-0.2, -0.15) is 0 Å². The molecule has 0 unspecified atom stereocenters. The van der Waals surface area contributed by atoms with Crippen LogP contribution >= 0.6 is 35.7 Å². The molecule has 28 heavy (non-hydrogen) atoms. The second kappa shape index (κ2) is 10.8. The molecule has 1 aromatic rings. The molecule has 0 aromatic heterocycles. The number of hydroxylamine groups is 1. The Balaban J connectivity index is 1.82. The van der Waals surface area contributed by atoms with Crippen molar-refractivity contribution in [3.8, 4) is 0 Å². The van der Waals surface area contributed by atoms with Gasteiger partial charge in [0.15, 0.2) is 0 Å². The maximum absolute atomic E-state index is 12.5. The summed E-state index contributed by atoms with van der Waals surface area (Å²) < 4.78 is 2.62. The van der Waals surface area contributed by atoms with Crippen LogP contribution in [0.4, 0.5) is 15.3 Å². The predicted octanol–water partition coefficient (Wildman–Crippen LogP) is 3.85. The van der Waals surface area contributed by atoms with E-state index >= 15 is 0 Å². The molecule has 0 saturated carbocycles. The molecule has 1 N–H and O–H groups in total. The van der Waals surface area contributed by atoms with Gasteiger partial charge >= 0.3 is 12.1 Å². The lowest BCUT2D eigenvalue weighted by atomic mass is 10.1. The molecule has 3 amide bonds. The molecule has 1 aromatic carbocycles. The van der Waals surface area contributed by atoms with Crippen LogP contribution in [0, 0.1) is 13.8 Å². The van der Waals surface area contributed by atoms with Gasteiger partial charge in [-0.15, -0.1) is 29.0 Å². The SMILES string of the molecule is Cc1ccc(N=CN(C)C(=O)N(C)SN(C)C(=O)ONC2SCCS2)c(C)c1. The molecule has 8 nitrogen and oxygen atoms in total. The summed E-state index contributed by atoms with van der Waals surface area (Å²) >= 11 is 4.31. The normalized spacial score (nSPS) is 14.3. The molecule has 0 aliphatic carbocycles. The van der Waals surface area contributed by atoms with Gasteiger partial charge in [0.2, 0.25) is 0 Å². The fourth-order valence-corrected chi connectivity index (χ4v) is 5.27. The standard InChI is InChI=1S/C17H25N5O3S3/c1-12-6-7-14(13(2)10-12)18-11-20(3)16(23)21(4)28-22(5)17(24)25-19-15-26-8-9-27-15/h6-7,10-11,15,19H,8-9H2,1-5H3. The summed E-state index contributed by atoms with van der Waals surface area (Å²) in [6.45, 7) is 3.99. The van der Waals surface area contributed by atoms with Gasteiger partial charge in [0.25, 0.3) is 0 Å². The van der Waals surface area contributed by atoms with E-state index in [0.29, 0.717) is 0 Å². The maximum Gasteiger partial charge on any atom is 0.439 e. The first kappa shape index (κ1) is 22.7.